The summed E-state index contributed by atoms with van der Waals surface area (Å²) in [6, 6.07) is 17.2. The first-order chi connectivity index (χ1) is 13.2. The summed E-state index contributed by atoms with van der Waals surface area (Å²) in [6.45, 7) is 0.590. The lowest BCUT2D eigenvalue weighted by molar-refractivity contribution is -0.122. The molecule has 2 amide bonds. The molecule has 2 aromatic carbocycles. The van der Waals surface area contributed by atoms with Crippen molar-refractivity contribution in [1.29, 1.82) is 0 Å². The molecule has 140 valence electrons. The minimum Gasteiger partial charge on any atom is -0.495 e. The summed E-state index contributed by atoms with van der Waals surface area (Å²) in [6.07, 6.45) is 0.881. The third-order valence-electron chi connectivity index (χ3n) is 4.03. The Morgan fingerprint density at radius 3 is 2.70 bits per heavy atom. The number of amides is 2. The van der Waals surface area contributed by atoms with E-state index in [9.17, 15) is 9.59 Å². The number of carbonyl (C=O) groups excluding carboxylic acids is 2. The monoisotopic (exact) mass is 383 g/mol. The van der Waals surface area contributed by atoms with E-state index in [4.69, 9.17) is 4.74 Å². The van der Waals surface area contributed by atoms with Crippen molar-refractivity contribution in [1.82, 2.24) is 5.32 Å². The maximum absolute atomic E-state index is 12.3. The molecule has 2 N–H and O–H groups in total. The number of hydrogen-bond donors (Lipinski definition) is 2. The van der Waals surface area contributed by atoms with Gasteiger partial charge < -0.3 is 15.4 Å². The number of amidine groups is 1. The van der Waals surface area contributed by atoms with Crippen LogP contribution in [0.5, 0.6) is 5.75 Å². The SMILES string of the molecule is COc1ccccc1NC(=O)C[C@@H]1SC(=NCCc2ccccc2)NC1=O. The molecule has 2 aromatic rings. The first-order valence-electron chi connectivity index (χ1n) is 8.64. The molecule has 0 saturated carbocycles. The summed E-state index contributed by atoms with van der Waals surface area (Å²) < 4.78 is 5.22. The molecule has 1 saturated heterocycles. The summed E-state index contributed by atoms with van der Waals surface area (Å²) in [5, 5.41) is 5.64. The quantitative estimate of drug-likeness (QED) is 0.771. The van der Waals surface area contributed by atoms with Gasteiger partial charge in [0.2, 0.25) is 11.8 Å². The van der Waals surface area contributed by atoms with Crippen LogP contribution in [0, 0.1) is 0 Å². The number of methoxy groups -OCH3 is 1. The fraction of sp³-hybridized carbons (Fsp3) is 0.250. The van der Waals surface area contributed by atoms with E-state index in [2.05, 4.69) is 15.6 Å². The Morgan fingerprint density at radius 2 is 1.93 bits per heavy atom. The zero-order valence-electron chi connectivity index (χ0n) is 15.0. The fourth-order valence-electron chi connectivity index (χ4n) is 2.66. The maximum atomic E-state index is 12.3. The van der Waals surface area contributed by atoms with Gasteiger partial charge in [-0.25, -0.2) is 0 Å². The highest BCUT2D eigenvalue weighted by atomic mass is 32.2. The molecule has 0 aliphatic carbocycles. The highest BCUT2D eigenvalue weighted by Crippen LogP contribution is 2.26. The zero-order valence-corrected chi connectivity index (χ0v) is 15.8. The van der Waals surface area contributed by atoms with E-state index in [1.807, 2.05) is 42.5 Å². The summed E-state index contributed by atoms with van der Waals surface area (Å²) >= 11 is 1.30. The molecule has 7 heteroatoms. The number of nitrogens with one attached hydrogen (secondary N) is 2. The summed E-state index contributed by atoms with van der Waals surface area (Å²) in [4.78, 5) is 28.8. The topological polar surface area (TPSA) is 79.8 Å². The van der Waals surface area contributed by atoms with E-state index in [-0.39, 0.29) is 18.2 Å². The lowest BCUT2D eigenvalue weighted by Crippen LogP contribution is -2.28. The van der Waals surface area contributed by atoms with Crippen molar-refractivity contribution in [3.05, 3.63) is 60.2 Å². The molecule has 0 spiro atoms. The van der Waals surface area contributed by atoms with E-state index in [1.165, 1.54) is 17.3 Å². The van der Waals surface area contributed by atoms with Gasteiger partial charge in [-0.15, -0.1) is 0 Å². The minimum absolute atomic E-state index is 0.0756. The van der Waals surface area contributed by atoms with Crippen LogP contribution < -0.4 is 15.4 Å². The van der Waals surface area contributed by atoms with Gasteiger partial charge in [0.05, 0.1) is 12.8 Å². The number of para-hydroxylation sites is 2. The zero-order chi connectivity index (χ0) is 19.1. The van der Waals surface area contributed by atoms with Crippen LogP contribution in [0.25, 0.3) is 0 Å². The highest BCUT2D eigenvalue weighted by Gasteiger charge is 2.32. The highest BCUT2D eigenvalue weighted by molar-refractivity contribution is 8.15. The van der Waals surface area contributed by atoms with Gasteiger partial charge in [0.1, 0.15) is 11.0 Å². The average Bonchev–Trinajstić information content (AvgIpc) is 3.02. The summed E-state index contributed by atoms with van der Waals surface area (Å²) in [7, 11) is 1.55. The molecule has 0 unspecified atom stereocenters. The Bertz CT molecular complexity index is 839. The Hall–Kier alpha value is -2.80. The molecule has 1 atom stereocenters. The first kappa shape index (κ1) is 19.0. The van der Waals surface area contributed by atoms with Gasteiger partial charge in [0.25, 0.3) is 0 Å². The number of aliphatic imine (C=N–C) groups is 1. The van der Waals surface area contributed by atoms with Gasteiger partial charge in [-0.3, -0.25) is 14.6 Å². The Labute approximate surface area is 162 Å². The second-order valence-electron chi connectivity index (χ2n) is 5.97. The second-order valence-corrected chi connectivity index (χ2v) is 7.16. The molecule has 1 heterocycles. The molecule has 1 fully saturated rings. The fourth-order valence-corrected chi connectivity index (χ4v) is 3.66. The van der Waals surface area contributed by atoms with Crippen molar-refractivity contribution in [3.8, 4) is 5.75 Å². The number of rotatable bonds is 7. The van der Waals surface area contributed by atoms with Gasteiger partial charge >= 0.3 is 0 Å². The van der Waals surface area contributed by atoms with Crippen LogP contribution in [0.4, 0.5) is 5.69 Å². The van der Waals surface area contributed by atoms with Crippen LogP contribution in [-0.4, -0.2) is 35.9 Å². The number of anilines is 1. The van der Waals surface area contributed by atoms with Gasteiger partial charge in [-0.2, -0.15) is 0 Å². The van der Waals surface area contributed by atoms with Crippen LogP contribution in [0.3, 0.4) is 0 Å². The minimum atomic E-state index is -0.477. The number of hydrogen-bond acceptors (Lipinski definition) is 5. The number of carbonyl (C=O) groups is 2. The molecule has 0 bridgehead atoms. The third kappa shape index (κ3) is 5.34. The average molecular weight is 383 g/mol. The molecule has 1 aliphatic heterocycles. The van der Waals surface area contributed by atoms with Crippen molar-refractivity contribution in [2.24, 2.45) is 4.99 Å². The molecule has 6 nitrogen and oxygen atoms in total. The van der Waals surface area contributed by atoms with Gasteiger partial charge in [0, 0.05) is 13.0 Å². The number of nitrogens with zero attached hydrogens (tertiary/aromatic N) is 1. The van der Waals surface area contributed by atoms with Crippen molar-refractivity contribution < 1.29 is 14.3 Å². The largest absolute Gasteiger partial charge is 0.495 e. The molecule has 1 aliphatic rings. The molecular weight excluding hydrogens is 362 g/mol. The van der Waals surface area contributed by atoms with Crippen molar-refractivity contribution >= 4 is 34.4 Å². The van der Waals surface area contributed by atoms with E-state index in [0.717, 1.165) is 6.42 Å². The number of benzene rings is 2. The van der Waals surface area contributed by atoms with Crippen LogP contribution in [0.1, 0.15) is 12.0 Å². The second kappa shape index (κ2) is 9.23. The van der Waals surface area contributed by atoms with E-state index in [0.29, 0.717) is 23.1 Å². The lowest BCUT2D eigenvalue weighted by Gasteiger charge is -2.10. The molecule has 27 heavy (non-hydrogen) atoms. The summed E-state index contributed by atoms with van der Waals surface area (Å²) in [5.74, 6) is 0.156. The molecular formula is C20H21N3O3S. The molecule has 0 radical (unpaired) electrons. The van der Waals surface area contributed by atoms with E-state index in [1.54, 1.807) is 19.2 Å². The van der Waals surface area contributed by atoms with Crippen LogP contribution in [0.15, 0.2) is 59.6 Å². The van der Waals surface area contributed by atoms with Crippen molar-refractivity contribution in [2.75, 3.05) is 19.0 Å². The van der Waals surface area contributed by atoms with Crippen molar-refractivity contribution in [3.63, 3.8) is 0 Å². The van der Waals surface area contributed by atoms with Crippen molar-refractivity contribution in [2.45, 2.75) is 18.1 Å². The number of thioether (sulfide) groups is 1. The smallest absolute Gasteiger partial charge is 0.240 e. The Kier molecular flexibility index (Phi) is 6.49. The van der Waals surface area contributed by atoms with Gasteiger partial charge in [0.15, 0.2) is 5.17 Å². The lowest BCUT2D eigenvalue weighted by atomic mass is 10.2. The third-order valence-corrected chi connectivity index (χ3v) is 5.15. The molecule has 3 rings (SSSR count). The van der Waals surface area contributed by atoms with Gasteiger partial charge in [-0.05, 0) is 24.1 Å². The van der Waals surface area contributed by atoms with Crippen LogP contribution >= 0.6 is 11.8 Å². The summed E-state index contributed by atoms with van der Waals surface area (Å²) in [5.41, 5.74) is 1.79. The maximum Gasteiger partial charge on any atom is 0.240 e. The van der Waals surface area contributed by atoms with Crippen LogP contribution in [-0.2, 0) is 16.0 Å². The predicted molar refractivity (Wildman–Crippen MR) is 108 cm³/mol. The standard InChI is InChI=1S/C20H21N3O3S/c1-26-16-10-6-5-9-15(16)22-18(24)13-17-19(25)23-20(27-17)21-12-11-14-7-3-2-4-8-14/h2-10,17H,11-13H2,1H3,(H,22,24)(H,21,23,25)/t17-/m0/s1. The normalized spacial score (nSPS) is 17.6. The molecule has 0 aromatic heterocycles. The van der Waals surface area contributed by atoms with Crippen LogP contribution in [0.2, 0.25) is 0 Å². The first-order valence-corrected chi connectivity index (χ1v) is 9.52. The number of ether oxygens (including phenoxy) is 1. The van der Waals surface area contributed by atoms with E-state index < -0.39 is 5.25 Å². The Morgan fingerprint density at radius 1 is 1.19 bits per heavy atom. The predicted octanol–water partition coefficient (Wildman–Crippen LogP) is 2.85. The van der Waals surface area contributed by atoms with E-state index >= 15 is 0 Å². The van der Waals surface area contributed by atoms with Gasteiger partial charge in [-0.1, -0.05) is 54.2 Å². The Balaban J connectivity index is 1.51.